The summed E-state index contributed by atoms with van der Waals surface area (Å²) in [7, 11) is 2.19. The lowest BCUT2D eigenvalue weighted by molar-refractivity contribution is 0.125. The SMILES string of the molecule is CN1CCN([C@H](c2ccccc2)c2ccccn2)CC1. The Hall–Kier alpha value is -1.71. The molecule has 0 N–H and O–H groups in total. The number of hydrogen-bond donors (Lipinski definition) is 0. The number of pyridine rings is 1. The number of likely N-dealkylation sites (N-methyl/N-ethyl adjacent to an activating group) is 1. The molecule has 1 atom stereocenters. The maximum Gasteiger partial charge on any atom is 0.0777 e. The lowest BCUT2D eigenvalue weighted by Gasteiger charge is -2.38. The summed E-state index contributed by atoms with van der Waals surface area (Å²) in [4.78, 5) is 9.52. The average molecular weight is 267 g/mol. The Kier molecular flexibility index (Phi) is 4.09. The number of piperazine rings is 1. The van der Waals surface area contributed by atoms with Gasteiger partial charge in [0.05, 0.1) is 11.7 Å². The molecule has 1 aromatic carbocycles. The number of benzene rings is 1. The molecule has 2 aromatic rings. The summed E-state index contributed by atoms with van der Waals surface area (Å²) in [5, 5.41) is 0. The van der Waals surface area contributed by atoms with Crippen molar-refractivity contribution >= 4 is 0 Å². The first kappa shape index (κ1) is 13.3. The van der Waals surface area contributed by atoms with Crippen LogP contribution in [0.1, 0.15) is 17.3 Å². The molecule has 0 spiro atoms. The van der Waals surface area contributed by atoms with Gasteiger partial charge in [0.1, 0.15) is 0 Å². The maximum atomic E-state index is 4.59. The third-order valence-corrected chi connectivity index (χ3v) is 3.99. The minimum atomic E-state index is 0.270. The van der Waals surface area contributed by atoms with Gasteiger partial charge in [0.25, 0.3) is 0 Å². The molecule has 0 radical (unpaired) electrons. The Bertz CT molecular complexity index is 479. The number of hydrogen-bond acceptors (Lipinski definition) is 3. The zero-order valence-electron chi connectivity index (χ0n) is 11.9. The van der Waals surface area contributed by atoms with Gasteiger partial charge in [0.15, 0.2) is 0 Å². The van der Waals surface area contributed by atoms with Crippen LogP contribution in [0.3, 0.4) is 0 Å². The van der Waals surface area contributed by atoms with E-state index < -0.39 is 0 Å². The van der Waals surface area contributed by atoms with Crippen molar-refractivity contribution in [3.8, 4) is 0 Å². The number of rotatable bonds is 3. The quantitative estimate of drug-likeness (QED) is 0.851. The highest BCUT2D eigenvalue weighted by atomic mass is 15.3. The second-order valence-corrected chi connectivity index (χ2v) is 5.41. The van der Waals surface area contributed by atoms with Crippen molar-refractivity contribution in [1.82, 2.24) is 14.8 Å². The van der Waals surface area contributed by atoms with Gasteiger partial charge in [-0.15, -0.1) is 0 Å². The van der Waals surface area contributed by atoms with E-state index in [1.165, 1.54) is 5.56 Å². The predicted molar refractivity (Wildman–Crippen MR) is 81.6 cm³/mol. The standard InChI is InChI=1S/C17H21N3/c1-19-11-13-20(14-12-19)17(15-7-3-2-4-8-15)16-9-5-6-10-18-16/h2-10,17H,11-14H2,1H3/t17-/m1/s1. The van der Waals surface area contributed by atoms with Crippen LogP contribution in [0.2, 0.25) is 0 Å². The van der Waals surface area contributed by atoms with Crippen molar-refractivity contribution in [2.45, 2.75) is 6.04 Å². The second-order valence-electron chi connectivity index (χ2n) is 5.41. The minimum Gasteiger partial charge on any atom is -0.304 e. The first-order chi connectivity index (χ1) is 9.84. The van der Waals surface area contributed by atoms with Crippen LogP contribution in [0.5, 0.6) is 0 Å². The lowest BCUT2D eigenvalue weighted by atomic mass is 10.0. The molecule has 0 bridgehead atoms. The van der Waals surface area contributed by atoms with Gasteiger partial charge >= 0.3 is 0 Å². The van der Waals surface area contributed by atoms with E-state index in [4.69, 9.17) is 0 Å². The molecule has 104 valence electrons. The Morgan fingerprint density at radius 3 is 2.25 bits per heavy atom. The monoisotopic (exact) mass is 267 g/mol. The highest BCUT2D eigenvalue weighted by Gasteiger charge is 2.25. The highest BCUT2D eigenvalue weighted by Crippen LogP contribution is 2.27. The molecule has 1 aromatic heterocycles. The normalized spacial score (nSPS) is 18.9. The summed E-state index contributed by atoms with van der Waals surface area (Å²) in [5.41, 5.74) is 2.47. The van der Waals surface area contributed by atoms with Gasteiger partial charge in [-0.2, -0.15) is 0 Å². The van der Waals surface area contributed by atoms with E-state index in [0.29, 0.717) is 0 Å². The molecule has 20 heavy (non-hydrogen) atoms. The van der Waals surface area contributed by atoms with E-state index in [9.17, 15) is 0 Å². The van der Waals surface area contributed by atoms with Crippen LogP contribution in [0, 0.1) is 0 Å². The molecule has 0 unspecified atom stereocenters. The second kappa shape index (κ2) is 6.16. The molecule has 1 fully saturated rings. The van der Waals surface area contributed by atoms with Gasteiger partial charge in [-0.1, -0.05) is 36.4 Å². The van der Waals surface area contributed by atoms with E-state index in [1.54, 1.807) is 0 Å². The Morgan fingerprint density at radius 1 is 0.900 bits per heavy atom. The van der Waals surface area contributed by atoms with Gasteiger partial charge in [-0.25, -0.2) is 0 Å². The van der Waals surface area contributed by atoms with Crippen LogP contribution in [0.25, 0.3) is 0 Å². The molecule has 0 aliphatic carbocycles. The Morgan fingerprint density at radius 2 is 1.60 bits per heavy atom. The topological polar surface area (TPSA) is 19.4 Å². The van der Waals surface area contributed by atoms with Crippen molar-refractivity contribution in [3.05, 3.63) is 66.0 Å². The average Bonchev–Trinajstić information content (AvgIpc) is 2.52. The van der Waals surface area contributed by atoms with E-state index in [-0.39, 0.29) is 6.04 Å². The molecular weight excluding hydrogens is 246 g/mol. The van der Waals surface area contributed by atoms with Gasteiger partial charge in [-0.05, 0) is 24.7 Å². The third kappa shape index (κ3) is 2.89. The summed E-state index contributed by atoms with van der Waals surface area (Å²) in [6, 6.07) is 17.2. The van der Waals surface area contributed by atoms with Crippen molar-refractivity contribution in [3.63, 3.8) is 0 Å². The van der Waals surface area contributed by atoms with Crippen LogP contribution in [0.15, 0.2) is 54.7 Å². The fourth-order valence-electron chi connectivity index (χ4n) is 2.82. The van der Waals surface area contributed by atoms with E-state index in [2.05, 4.69) is 64.3 Å². The van der Waals surface area contributed by atoms with Crippen LogP contribution in [-0.4, -0.2) is 48.0 Å². The molecule has 3 heteroatoms. The zero-order valence-corrected chi connectivity index (χ0v) is 11.9. The molecule has 1 aliphatic rings. The Labute approximate surface area is 120 Å². The Balaban J connectivity index is 1.92. The largest absolute Gasteiger partial charge is 0.304 e. The molecule has 2 heterocycles. The molecule has 0 amide bonds. The van der Waals surface area contributed by atoms with Gasteiger partial charge < -0.3 is 4.90 Å². The van der Waals surface area contributed by atoms with Crippen molar-refractivity contribution in [2.75, 3.05) is 33.2 Å². The van der Waals surface area contributed by atoms with E-state index in [1.807, 2.05) is 12.3 Å². The van der Waals surface area contributed by atoms with Crippen LogP contribution < -0.4 is 0 Å². The van der Waals surface area contributed by atoms with Crippen molar-refractivity contribution in [2.24, 2.45) is 0 Å². The summed E-state index contributed by atoms with van der Waals surface area (Å²) in [5.74, 6) is 0. The predicted octanol–water partition coefficient (Wildman–Crippen LogP) is 2.42. The van der Waals surface area contributed by atoms with Crippen molar-refractivity contribution in [1.29, 1.82) is 0 Å². The molecule has 3 rings (SSSR count). The van der Waals surface area contributed by atoms with E-state index >= 15 is 0 Å². The first-order valence-corrected chi connectivity index (χ1v) is 7.23. The van der Waals surface area contributed by atoms with Crippen LogP contribution in [-0.2, 0) is 0 Å². The van der Waals surface area contributed by atoms with Crippen molar-refractivity contribution < 1.29 is 0 Å². The van der Waals surface area contributed by atoms with Crippen LogP contribution in [0.4, 0.5) is 0 Å². The summed E-state index contributed by atoms with van der Waals surface area (Å²) in [6.45, 7) is 4.42. The molecular formula is C17H21N3. The molecule has 1 aliphatic heterocycles. The molecule has 1 saturated heterocycles. The molecule has 0 saturated carbocycles. The molecule has 3 nitrogen and oxygen atoms in total. The fraction of sp³-hybridized carbons (Fsp3) is 0.353. The summed E-state index contributed by atoms with van der Waals surface area (Å²) >= 11 is 0. The minimum absolute atomic E-state index is 0.270. The maximum absolute atomic E-state index is 4.59. The van der Waals surface area contributed by atoms with Gasteiger partial charge in [0.2, 0.25) is 0 Å². The van der Waals surface area contributed by atoms with Gasteiger partial charge in [0, 0.05) is 32.4 Å². The first-order valence-electron chi connectivity index (χ1n) is 7.23. The van der Waals surface area contributed by atoms with Gasteiger partial charge in [-0.3, -0.25) is 9.88 Å². The highest BCUT2D eigenvalue weighted by molar-refractivity contribution is 5.28. The summed E-state index contributed by atoms with van der Waals surface area (Å²) < 4.78 is 0. The zero-order chi connectivity index (χ0) is 13.8. The summed E-state index contributed by atoms with van der Waals surface area (Å²) in [6.07, 6.45) is 1.89. The number of aromatic nitrogens is 1. The number of nitrogens with zero attached hydrogens (tertiary/aromatic N) is 3. The third-order valence-electron chi connectivity index (χ3n) is 3.99. The lowest BCUT2D eigenvalue weighted by Crippen LogP contribution is -2.46. The fourth-order valence-corrected chi connectivity index (χ4v) is 2.82. The smallest absolute Gasteiger partial charge is 0.0777 e. The van der Waals surface area contributed by atoms with E-state index in [0.717, 1.165) is 31.9 Å². The van der Waals surface area contributed by atoms with Crippen LogP contribution >= 0.6 is 0 Å².